The van der Waals surface area contributed by atoms with Gasteiger partial charge in [-0.25, -0.2) is 0 Å². The Hall–Kier alpha value is -3.15. The summed E-state index contributed by atoms with van der Waals surface area (Å²) in [5.41, 5.74) is 7.02. The zero-order valence-electron chi connectivity index (χ0n) is 35.9. The van der Waals surface area contributed by atoms with Crippen molar-refractivity contribution in [1.29, 1.82) is 0 Å². The molecule has 3 aromatic carbocycles. The molecule has 0 aliphatic heterocycles. The number of thiophene rings is 2. The van der Waals surface area contributed by atoms with Gasteiger partial charge in [0, 0.05) is 68.1 Å². The Kier molecular flexibility index (Phi) is 14.8. The summed E-state index contributed by atoms with van der Waals surface area (Å²) in [6.45, 7) is 28.1. The molecule has 6 aromatic rings. The van der Waals surface area contributed by atoms with E-state index in [2.05, 4.69) is 109 Å². The van der Waals surface area contributed by atoms with Gasteiger partial charge in [-0.3, -0.25) is 9.78 Å². The number of rotatable bonds is 11. The average Bonchev–Trinajstić information content (AvgIpc) is 3.67. The maximum atomic E-state index is 12.2. The van der Waals surface area contributed by atoms with Crippen LogP contribution in [0.1, 0.15) is 124 Å². The third-order valence-electron chi connectivity index (χ3n) is 12.1. The standard InChI is InChI=1S/C35H34NS2.C15H28O2.Ir/c1-20(2)16-23-12-13-26-21(3)33(38-30(26)17-23)34-22(4)31-29(37-34)14-15-36-32(31)25-18-24-10-8-9-11-27(24)28(19-25)35(5,6)7;1-7-14(5,8-2)12(16)11-13(17)15(6,9-3)10-4;/h8-15,17,19-20H,16H2,1-7H3;11,16H,7-10H2,1-6H3;/q-1;;/b;12-11-;. The first-order valence-electron chi connectivity index (χ1n) is 20.2. The van der Waals surface area contributed by atoms with Crippen LogP contribution in [0.5, 0.6) is 0 Å². The van der Waals surface area contributed by atoms with Crippen molar-refractivity contribution in [2.75, 3.05) is 0 Å². The number of hydrogen-bond donors (Lipinski definition) is 1. The van der Waals surface area contributed by atoms with E-state index in [1.165, 1.54) is 63.6 Å². The van der Waals surface area contributed by atoms with Crippen LogP contribution in [0.2, 0.25) is 0 Å². The minimum Gasteiger partial charge on any atom is -0.512 e. The molecule has 3 heterocycles. The fraction of sp³-hybridized carbons (Fsp3) is 0.440. The van der Waals surface area contributed by atoms with E-state index in [-0.39, 0.29) is 47.9 Å². The summed E-state index contributed by atoms with van der Waals surface area (Å²) in [4.78, 5) is 19.9. The predicted molar refractivity (Wildman–Crippen MR) is 242 cm³/mol. The van der Waals surface area contributed by atoms with Crippen molar-refractivity contribution in [3.05, 3.63) is 101 Å². The smallest absolute Gasteiger partial charge is 0.164 e. The first kappa shape index (κ1) is 45.6. The van der Waals surface area contributed by atoms with E-state index < -0.39 is 0 Å². The molecule has 0 fully saturated rings. The molecule has 3 nitrogen and oxygen atoms in total. The SMILES string of the molecule is CCC(C)(CC)C(=O)/C=C(\O)C(C)(CC)CC.Cc1c(-c2sc3ccnc(-c4[c-]c5ccccc5c(C(C)(C)C)c4)c3c2C)sc2cc(CC(C)C)ccc12.[Ir]. The van der Waals surface area contributed by atoms with E-state index >= 15 is 0 Å². The van der Waals surface area contributed by atoms with Crippen molar-refractivity contribution >= 4 is 59.4 Å². The molecular formula is C50H62IrNO2S2-. The van der Waals surface area contributed by atoms with E-state index in [9.17, 15) is 9.90 Å². The van der Waals surface area contributed by atoms with Gasteiger partial charge in [-0.1, -0.05) is 117 Å². The van der Waals surface area contributed by atoms with Gasteiger partial charge >= 0.3 is 0 Å². The van der Waals surface area contributed by atoms with Crippen LogP contribution < -0.4 is 0 Å². The molecule has 0 atom stereocenters. The number of ketones is 1. The van der Waals surface area contributed by atoms with Crippen LogP contribution in [0, 0.1) is 36.7 Å². The number of allylic oxidation sites excluding steroid dienone is 2. The Labute approximate surface area is 358 Å². The number of carbonyl (C=O) groups excluding carboxylic acids is 1. The molecule has 56 heavy (non-hydrogen) atoms. The van der Waals surface area contributed by atoms with Crippen LogP contribution in [-0.2, 0) is 36.7 Å². The van der Waals surface area contributed by atoms with Gasteiger partial charge in [0.05, 0.1) is 0 Å². The molecule has 1 N–H and O–H groups in total. The van der Waals surface area contributed by atoms with Gasteiger partial charge in [-0.05, 0) is 96.9 Å². The minimum atomic E-state index is -0.337. The van der Waals surface area contributed by atoms with E-state index in [4.69, 9.17) is 4.98 Å². The third kappa shape index (κ3) is 9.25. The molecule has 0 aliphatic carbocycles. The number of aliphatic hydroxyl groups excluding tert-OH is 1. The van der Waals surface area contributed by atoms with Crippen molar-refractivity contribution in [2.24, 2.45) is 16.7 Å². The molecule has 0 saturated heterocycles. The molecule has 0 amide bonds. The van der Waals surface area contributed by atoms with Crippen LogP contribution in [0.15, 0.2) is 72.6 Å². The fourth-order valence-corrected chi connectivity index (χ4v) is 10.1. The van der Waals surface area contributed by atoms with E-state index in [0.717, 1.165) is 48.7 Å². The Balaban J connectivity index is 0.000000330. The second-order valence-corrected chi connectivity index (χ2v) is 19.5. The molecule has 1 radical (unpaired) electrons. The number of pyridine rings is 1. The number of aliphatic hydroxyl groups is 1. The number of aromatic nitrogens is 1. The van der Waals surface area contributed by atoms with Gasteiger partial charge in [0.15, 0.2) is 5.78 Å². The van der Waals surface area contributed by atoms with Gasteiger partial charge in [-0.2, -0.15) is 0 Å². The summed E-state index contributed by atoms with van der Waals surface area (Å²) < 4.78 is 2.68. The largest absolute Gasteiger partial charge is 0.512 e. The van der Waals surface area contributed by atoms with Crippen LogP contribution in [0.25, 0.3) is 52.0 Å². The van der Waals surface area contributed by atoms with Gasteiger partial charge in [-0.15, -0.1) is 51.8 Å². The normalized spacial score (nSPS) is 12.6. The fourth-order valence-electron chi connectivity index (χ4n) is 7.36. The van der Waals surface area contributed by atoms with Gasteiger partial charge in [0.2, 0.25) is 0 Å². The summed E-state index contributed by atoms with van der Waals surface area (Å²) in [5.74, 6) is 0.947. The van der Waals surface area contributed by atoms with Gasteiger partial charge in [0.1, 0.15) is 5.76 Å². The second kappa shape index (κ2) is 18.2. The minimum absolute atomic E-state index is 0. The van der Waals surface area contributed by atoms with Crippen LogP contribution in [0.4, 0.5) is 0 Å². The molecule has 0 bridgehead atoms. The summed E-state index contributed by atoms with van der Waals surface area (Å²) in [7, 11) is 0. The molecule has 6 heteroatoms. The van der Waals surface area contributed by atoms with E-state index in [1.54, 1.807) is 0 Å². The van der Waals surface area contributed by atoms with Gasteiger partial charge < -0.3 is 5.11 Å². The van der Waals surface area contributed by atoms with Crippen molar-refractivity contribution in [1.82, 2.24) is 4.98 Å². The monoisotopic (exact) mass is 965 g/mol. The van der Waals surface area contributed by atoms with Gasteiger partial charge in [0.25, 0.3) is 0 Å². The number of aryl methyl sites for hydroxylation is 2. The molecule has 0 unspecified atom stereocenters. The number of benzene rings is 3. The molecule has 301 valence electrons. The summed E-state index contributed by atoms with van der Waals surface area (Å²) in [6, 6.07) is 23.9. The molecule has 6 rings (SSSR count). The van der Waals surface area contributed by atoms with E-state index in [1.807, 2.05) is 70.4 Å². The topological polar surface area (TPSA) is 50.2 Å². The zero-order valence-corrected chi connectivity index (χ0v) is 39.9. The molecule has 0 aliphatic rings. The predicted octanol–water partition coefficient (Wildman–Crippen LogP) is 15.6. The summed E-state index contributed by atoms with van der Waals surface area (Å²) in [5, 5.41) is 15.2. The zero-order chi connectivity index (χ0) is 40.5. The number of carbonyl (C=O) groups is 1. The Morgan fingerprint density at radius 3 is 2.02 bits per heavy atom. The Morgan fingerprint density at radius 2 is 1.41 bits per heavy atom. The quantitative estimate of drug-likeness (QED) is 0.0800. The van der Waals surface area contributed by atoms with Crippen molar-refractivity contribution < 1.29 is 30.0 Å². The van der Waals surface area contributed by atoms with Crippen molar-refractivity contribution in [3.63, 3.8) is 0 Å². The first-order valence-corrected chi connectivity index (χ1v) is 21.9. The van der Waals surface area contributed by atoms with Crippen LogP contribution in [0.3, 0.4) is 0 Å². The number of nitrogens with zero attached hydrogens (tertiary/aromatic N) is 1. The first-order chi connectivity index (χ1) is 25.9. The molecule has 0 spiro atoms. The maximum Gasteiger partial charge on any atom is 0.164 e. The average molecular weight is 965 g/mol. The summed E-state index contributed by atoms with van der Waals surface area (Å²) >= 11 is 3.84. The molecule has 3 aromatic heterocycles. The van der Waals surface area contributed by atoms with E-state index in [0.29, 0.717) is 5.92 Å². The maximum absolute atomic E-state index is 12.2. The number of fused-ring (bicyclic) bond motifs is 3. The Bertz CT molecular complexity index is 2340. The molecule has 0 saturated carbocycles. The van der Waals surface area contributed by atoms with Crippen molar-refractivity contribution in [3.8, 4) is 21.0 Å². The molecular weight excluding hydrogens is 903 g/mol. The number of hydrogen-bond acceptors (Lipinski definition) is 5. The van der Waals surface area contributed by atoms with Crippen molar-refractivity contribution in [2.45, 2.75) is 128 Å². The second-order valence-electron chi connectivity index (χ2n) is 17.4. The van der Waals surface area contributed by atoms with Crippen LogP contribution >= 0.6 is 22.7 Å². The summed E-state index contributed by atoms with van der Waals surface area (Å²) in [6.07, 6.45) is 7.84. The Morgan fingerprint density at radius 1 is 0.804 bits per heavy atom. The third-order valence-corrected chi connectivity index (χ3v) is 14.8. The van der Waals surface area contributed by atoms with Crippen LogP contribution in [-0.4, -0.2) is 15.9 Å².